The summed E-state index contributed by atoms with van der Waals surface area (Å²) in [6, 6.07) is 16.7. The van der Waals surface area contributed by atoms with Crippen molar-refractivity contribution in [3.63, 3.8) is 0 Å². The molecule has 12 heteroatoms. The van der Waals surface area contributed by atoms with Crippen LogP contribution in [0.1, 0.15) is 23.6 Å². The smallest absolute Gasteiger partial charge is 0.497 e. The maximum atomic E-state index is 12.4. The number of halogens is 3. The molecule has 0 saturated heterocycles. The average molecular weight is 555 g/mol. The van der Waals surface area contributed by atoms with E-state index in [1.165, 1.54) is 35.3 Å². The lowest BCUT2D eigenvalue weighted by molar-refractivity contribution is -0.274. The molecule has 0 amide bonds. The van der Waals surface area contributed by atoms with E-state index in [1.54, 1.807) is 7.11 Å². The lowest BCUT2D eigenvalue weighted by atomic mass is 10.1. The summed E-state index contributed by atoms with van der Waals surface area (Å²) in [4.78, 5) is 4.31. The monoisotopic (exact) mass is 554 g/mol. The van der Waals surface area contributed by atoms with Crippen molar-refractivity contribution in [3.8, 4) is 28.6 Å². The highest BCUT2D eigenvalue weighted by atomic mass is 32.1. The second kappa shape index (κ2) is 11.5. The lowest BCUT2D eigenvalue weighted by Crippen LogP contribution is -2.25. The van der Waals surface area contributed by atoms with Gasteiger partial charge in [0.15, 0.2) is 10.9 Å². The van der Waals surface area contributed by atoms with Gasteiger partial charge in [0.05, 0.1) is 18.5 Å². The summed E-state index contributed by atoms with van der Waals surface area (Å²) >= 11 is 5.41. The molecule has 1 heterocycles. The van der Waals surface area contributed by atoms with Gasteiger partial charge in [-0.05, 0) is 86.1 Å². The van der Waals surface area contributed by atoms with Crippen molar-refractivity contribution in [3.05, 3.63) is 83.7 Å². The lowest BCUT2D eigenvalue weighted by Gasteiger charge is -2.15. The van der Waals surface area contributed by atoms with Gasteiger partial charge >= 0.3 is 6.36 Å². The Hall–Kier alpha value is -4.45. The highest BCUT2D eigenvalue weighted by Crippen LogP contribution is 2.26. The standard InChI is InChI=1S/C27H25F3N6O2S/c1-16-13-23(37-4)14-17(2)24(16)32-26(39)34-33-18(3)19-5-7-20(8-6-19)25-31-15-36(35-25)21-9-11-22(12-10-21)38-27(28,29)30/h5-15H,1-4H3,(H2,32,34,39)/b33-18+. The van der Waals surface area contributed by atoms with E-state index >= 15 is 0 Å². The van der Waals surface area contributed by atoms with E-state index in [4.69, 9.17) is 17.0 Å². The van der Waals surface area contributed by atoms with Gasteiger partial charge in [-0.15, -0.1) is 18.3 Å². The number of benzene rings is 3. The van der Waals surface area contributed by atoms with Crippen molar-refractivity contribution >= 4 is 28.7 Å². The van der Waals surface area contributed by atoms with E-state index in [-0.39, 0.29) is 5.75 Å². The number of methoxy groups -OCH3 is 1. The molecule has 0 radical (unpaired) electrons. The van der Waals surface area contributed by atoms with Gasteiger partial charge in [-0.2, -0.15) is 5.10 Å². The van der Waals surface area contributed by atoms with Crippen LogP contribution in [0.4, 0.5) is 18.9 Å². The molecule has 0 fully saturated rings. The number of ether oxygens (including phenoxy) is 2. The van der Waals surface area contributed by atoms with Crippen molar-refractivity contribution in [1.82, 2.24) is 20.2 Å². The van der Waals surface area contributed by atoms with E-state index in [0.29, 0.717) is 22.3 Å². The summed E-state index contributed by atoms with van der Waals surface area (Å²) in [5.74, 6) is 0.930. The number of nitrogens with zero attached hydrogens (tertiary/aromatic N) is 4. The fourth-order valence-electron chi connectivity index (χ4n) is 3.76. The molecule has 0 aliphatic rings. The van der Waals surface area contributed by atoms with Gasteiger partial charge in [-0.25, -0.2) is 9.67 Å². The Morgan fingerprint density at radius 1 is 0.974 bits per heavy atom. The molecule has 0 unspecified atom stereocenters. The number of hydrazone groups is 1. The predicted octanol–water partition coefficient (Wildman–Crippen LogP) is 6.17. The van der Waals surface area contributed by atoms with Crippen molar-refractivity contribution in [2.24, 2.45) is 5.10 Å². The third-order valence-electron chi connectivity index (χ3n) is 5.69. The minimum atomic E-state index is -4.74. The highest BCUT2D eigenvalue weighted by molar-refractivity contribution is 7.80. The molecule has 3 aromatic carbocycles. The first-order valence-electron chi connectivity index (χ1n) is 11.7. The van der Waals surface area contributed by atoms with Crippen LogP contribution in [0.3, 0.4) is 0 Å². The number of anilines is 1. The van der Waals surface area contributed by atoms with E-state index in [9.17, 15) is 13.2 Å². The molecular weight excluding hydrogens is 529 g/mol. The number of hydrogen-bond donors (Lipinski definition) is 2. The van der Waals surface area contributed by atoms with E-state index in [0.717, 1.165) is 33.7 Å². The van der Waals surface area contributed by atoms with Crippen LogP contribution in [0.2, 0.25) is 0 Å². The van der Waals surface area contributed by atoms with Gasteiger partial charge < -0.3 is 14.8 Å². The van der Waals surface area contributed by atoms with Crippen LogP contribution in [-0.4, -0.2) is 39.1 Å². The number of rotatable bonds is 7. The summed E-state index contributed by atoms with van der Waals surface area (Å²) < 4.78 is 47.8. The van der Waals surface area contributed by atoms with Crippen LogP contribution >= 0.6 is 12.2 Å². The molecule has 0 aliphatic heterocycles. The topological polar surface area (TPSA) is 85.6 Å². The molecular formula is C27H25F3N6O2S. The summed E-state index contributed by atoms with van der Waals surface area (Å²) in [5, 5.41) is 12.3. The maximum absolute atomic E-state index is 12.4. The van der Waals surface area contributed by atoms with Gasteiger partial charge in [0.2, 0.25) is 0 Å². The Labute approximate surface area is 228 Å². The minimum Gasteiger partial charge on any atom is -0.497 e. The van der Waals surface area contributed by atoms with Crippen LogP contribution in [0.5, 0.6) is 11.5 Å². The third kappa shape index (κ3) is 7.11. The summed E-state index contributed by atoms with van der Waals surface area (Å²) in [6.07, 6.45) is -3.26. The molecule has 202 valence electrons. The minimum absolute atomic E-state index is 0.309. The molecule has 39 heavy (non-hydrogen) atoms. The zero-order valence-corrected chi connectivity index (χ0v) is 22.3. The maximum Gasteiger partial charge on any atom is 0.573 e. The van der Waals surface area contributed by atoms with E-state index in [2.05, 4.69) is 30.7 Å². The van der Waals surface area contributed by atoms with Gasteiger partial charge in [-0.1, -0.05) is 24.3 Å². The fraction of sp³-hybridized carbons (Fsp3) is 0.185. The third-order valence-corrected chi connectivity index (χ3v) is 5.89. The average Bonchev–Trinajstić information content (AvgIpc) is 3.39. The summed E-state index contributed by atoms with van der Waals surface area (Å²) in [6.45, 7) is 5.79. The van der Waals surface area contributed by atoms with Crippen LogP contribution in [0, 0.1) is 13.8 Å². The number of nitrogens with one attached hydrogen (secondary N) is 2. The molecule has 2 N–H and O–H groups in total. The largest absolute Gasteiger partial charge is 0.573 e. The van der Waals surface area contributed by atoms with E-state index < -0.39 is 6.36 Å². The molecule has 8 nitrogen and oxygen atoms in total. The van der Waals surface area contributed by atoms with Crippen LogP contribution in [0.15, 0.2) is 72.1 Å². The summed E-state index contributed by atoms with van der Waals surface area (Å²) in [7, 11) is 1.63. The van der Waals surface area contributed by atoms with E-state index in [1.807, 2.05) is 57.2 Å². The first kappa shape index (κ1) is 27.6. The van der Waals surface area contributed by atoms with Gasteiger partial charge in [0, 0.05) is 11.3 Å². The number of alkyl halides is 3. The molecule has 0 aliphatic carbocycles. The Morgan fingerprint density at radius 2 is 1.62 bits per heavy atom. The zero-order valence-electron chi connectivity index (χ0n) is 21.5. The molecule has 4 aromatic rings. The van der Waals surface area contributed by atoms with Crippen molar-refractivity contribution in [1.29, 1.82) is 0 Å². The zero-order chi connectivity index (χ0) is 28.2. The first-order chi connectivity index (χ1) is 18.5. The SMILES string of the molecule is COc1cc(C)c(NC(=S)N/N=C(\C)c2ccc(-c3ncn(-c4ccc(OC(F)(F)F)cc4)n3)cc2)c(C)c1. The van der Waals surface area contributed by atoms with Crippen molar-refractivity contribution in [2.45, 2.75) is 27.1 Å². The second-order valence-electron chi connectivity index (χ2n) is 8.53. The van der Waals surface area contributed by atoms with Crippen LogP contribution in [0.25, 0.3) is 17.1 Å². The Kier molecular flexibility index (Phi) is 8.15. The predicted molar refractivity (Wildman–Crippen MR) is 148 cm³/mol. The Morgan fingerprint density at radius 3 is 2.21 bits per heavy atom. The molecule has 1 aromatic heterocycles. The molecule has 4 rings (SSSR count). The highest BCUT2D eigenvalue weighted by Gasteiger charge is 2.31. The summed E-state index contributed by atoms with van der Waals surface area (Å²) in [5.41, 5.74) is 8.64. The van der Waals surface area contributed by atoms with Crippen molar-refractivity contribution < 1.29 is 22.6 Å². The number of thiocarbonyl (C=S) groups is 1. The van der Waals surface area contributed by atoms with Crippen molar-refractivity contribution in [2.75, 3.05) is 12.4 Å². The quantitative estimate of drug-likeness (QED) is 0.161. The Bertz CT molecular complexity index is 1480. The van der Waals surface area contributed by atoms with Crippen LogP contribution in [-0.2, 0) is 0 Å². The first-order valence-corrected chi connectivity index (χ1v) is 12.1. The molecule has 0 bridgehead atoms. The Balaban J connectivity index is 1.39. The molecule has 0 spiro atoms. The van der Waals surface area contributed by atoms with Gasteiger partial charge in [-0.3, -0.25) is 5.43 Å². The van der Waals surface area contributed by atoms with Crippen LogP contribution < -0.4 is 20.2 Å². The van der Waals surface area contributed by atoms with Gasteiger partial charge in [0.25, 0.3) is 0 Å². The second-order valence-corrected chi connectivity index (χ2v) is 8.94. The normalized spacial score (nSPS) is 11.7. The fourth-order valence-corrected chi connectivity index (χ4v) is 3.91. The number of aromatic nitrogens is 3. The number of hydrogen-bond acceptors (Lipinski definition) is 6. The van der Waals surface area contributed by atoms with Gasteiger partial charge in [0.1, 0.15) is 17.8 Å². The molecule has 0 atom stereocenters. The molecule has 0 saturated carbocycles. The number of aryl methyl sites for hydroxylation is 2.